The Bertz CT molecular complexity index is 873. The number of aromatic nitrogens is 2. The molecule has 0 radical (unpaired) electrons. The average Bonchev–Trinajstić information content (AvgIpc) is 3.17. The van der Waals surface area contributed by atoms with Crippen LogP contribution in [0.25, 0.3) is 10.6 Å². The minimum atomic E-state index is -0.406. The molecule has 2 heterocycles. The molecule has 2 N–H and O–H groups in total. The molecule has 0 aliphatic rings. The van der Waals surface area contributed by atoms with Crippen molar-refractivity contribution in [2.45, 2.75) is 0 Å². The van der Waals surface area contributed by atoms with Crippen LogP contribution in [0, 0.1) is 0 Å². The van der Waals surface area contributed by atoms with Crippen molar-refractivity contribution in [1.82, 2.24) is 15.5 Å². The number of carbonyl (C=O) groups is 1. The number of rotatable bonds is 6. The molecule has 3 aromatic rings. The van der Waals surface area contributed by atoms with Gasteiger partial charge in [0.1, 0.15) is 12.3 Å². The van der Waals surface area contributed by atoms with Crippen LogP contribution in [0.3, 0.4) is 0 Å². The van der Waals surface area contributed by atoms with Gasteiger partial charge in [-0.05, 0) is 35.7 Å². The number of ether oxygens (including phenoxy) is 1. The summed E-state index contributed by atoms with van der Waals surface area (Å²) >= 11 is 13.5. The lowest BCUT2D eigenvalue weighted by molar-refractivity contribution is 0.246. The van der Waals surface area contributed by atoms with Gasteiger partial charge in [0.2, 0.25) is 5.88 Å². The Morgan fingerprint density at radius 2 is 2.04 bits per heavy atom. The van der Waals surface area contributed by atoms with E-state index in [2.05, 4.69) is 20.8 Å². The van der Waals surface area contributed by atoms with Gasteiger partial charge in [0.15, 0.2) is 0 Å². The Kier molecular flexibility index (Phi) is 6.27. The molecule has 0 unspecified atom stereocenters. The van der Waals surface area contributed by atoms with Crippen LogP contribution in [-0.4, -0.2) is 29.4 Å². The van der Waals surface area contributed by atoms with Gasteiger partial charge in [-0.15, -0.1) is 21.5 Å². The number of benzene rings is 1. The molecule has 0 spiro atoms. The minimum Gasteiger partial charge on any atom is -0.475 e. The van der Waals surface area contributed by atoms with Crippen LogP contribution in [0.1, 0.15) is 0 Å². The molecule has 3 rings (SSSR count). The summed E-state index contributed by atoms with van der Waals surface area (Å²) in [6.45, 7) is 0.544. The van der Waals surface area contributed by atoms with E-state index in [-0.39, 0.29) is 6.61 Å². The van der Waals surface area contributed by atoms with Gasteiger partial charge >= 0.3 is 6.03 Å². The molecule has 6 nitrogen and oxygen atoms in total. The molecule has 0 bridgehead atoms. The van der Waals surface area contributed by atoms with Crippen molar-refractivity contribution in [3.05, 3.63) is 57.9 Å². The lowest BCUT2D eigenvalue weighted by Gasteiger charge is -2.10. The molecule has 0 saturated heterocycles. The molecule has 0 atom stereocenters. The van der Waals surface area contributed by atoms with E-state index >= 15 is 0 Å². The van der Waals surface area contributed by atoms with Gasteiger partial charge in [0.25, 0.3) is 0 Å². The van der Waals surface area contributed by atoms with Crippen molar-refractivity contribution in [3.8, 4) is 16.5 Å². The fraction of sp³-hybridized carbons (Fsp3) is 0.118. The van der Waals surface area contributed by atoms with E-state index in [0.29, 0.717) is 28.2 Å². The minimum absolute atomic E-state index is 0.254. The highest BCUT2D eigenvalue weighted by atomic mass is 35.5. The third kappa shape index (κ3) is 5.08. The van der Waals surface area contributed by atoms with E-state index in [1.54, 1.807) is 35.6 Å². The van der Waals surface area contributed by atoms with Gasteiger partial charge in [-0.3, -0.25) is 0 Å². The highest BCUT2D eigenvalue weighted by Crippen LogP contribution is 2.25. The van der Waals surface area contributed by atoms with E-state index in [9.17, 15) is 4.79 Å². The Morgan fingerprint density at radius 1 is 1.15 bits per heavy atom. The highest BCUT2D eigenvalue weighted by molar-refractivity contribution is 7.13. The third-order valence-corrected chi connectivity index (χ3v) is 4.68. The molecule has 2 amide bonds. The number of carbonyl (C=O) groups excluding carboxylic acids is 1. The Hall–Kier alpha value is -2.35. The number of anilines is 1. The molecule has 1 aromatic carbocycles. The zero-order chi connectivity index (χ0) is 18.4. The van der Waals surface area contributed by atoms with Crippen LogP contribution in [0.15, 0.2) is 47.8 Å². The van der Waals surface area contributed by atoms with Crippen LogP contribution in [0.4, 0.5) is 10.5 Å². The lowest BCUT2D eigenvalue weighted by Crippen LogP contribution is -2.32. The number of halogens is 2. The van der Waals surface area contributed by atoms with Crippen LogP contribution >= 0.6 is 34.5 Å². The van der Waals surface area contributed by atoms with Crippen molar-refractivity contribution < 1.29 is 9.53 Å². The predicted molar refractivity (Wildman–Crippen MR) is 104 cm³/mol. The van der Waals surface area contributed by atoms with E-state index < -0.39 is 6.03 Å². The molecule has 2 aromatic heterocycles. The van der Waals surface area contributed by atoms with E-state index in [0.717, 1.165) is 10.6 Å². The number of hydrogen-bond acceptors (Lipinski definition) is 5. The first kappa shape index (κ1) is 18.4. The molecule has 0 aliphatic carbocycles. The summed E-state index contributed by atoms with van der Waals surface area (Å²) in [6.07, 6.45) is 0. The third-order valence-electron chi connectivity index (χ3n) is 3.23. The number of thiophene rings is 1. The summed E-state index contributed by atoms with van der Waals surface area (Å²) in [7, 11) is 0. The smallest absolute Gasteiger partial charge is 0.319 e. The summed E-state index contributed by atoms with van der Waals surface area (Å²) < 4.78 is 5.46. The summed E-state index contributed by atoms with van der Waals surface area (Å²) in [5, 5.41) is 16.3. The molecule has 9 heteroatoms. The van der Waals surface area contributed by atoms with Crippen LogP contribution in [-0.2, 0) is 0 Å². The van der Waals surface area contributed by atoms with Crippen molar-refractivity contribution in [2.24, 2.45) is 0 Å². The first-order chi connectivity index (χ1) is 12.6. The first-order valence-electron chi connectivity index (χ1n) is 7.62. The van der Waals surface area contributed by atoms with Gasteiger partial charge in [0.05, 0.1) is 22.1 Å². The zero-order valence-electron chi connectivity index (χ0n) is 13.4. The maximum atomic E-state index is 11.9. The Morgan fingerprint density at radius 3 is 2.77 bits per heavy atom. The van der Waals surface area contributed by atoms with E-state index in [1.807, 2.05) is 23.6 Å². The number of nitrogens with zero attached hydrogens (tertiary/aromatic N) is 2. The Labute approximate surface area is 164 Å². The summed E-state index contributed by atoms with van der Waals surface area (Å²) in [5.74, 6) is 0.394. The second kappa shape index (κ2) is 8.84. The van der Waals surface area contributed by atoms with Crippen LogP contribution in [0.5, 0.6) is 5.88 Å². The fourth-order valence-electron chi connectivity index (χ4n) is 2.03. The molecule has 0 aliphatic heterocycles. The van der Waals surface area contributed by atoms with Crippen LogP contribution in [0.2, 0.25) is 10.0 Å². The van der Waals surface area contributed by atoms with Gasteiger partial charge in [0, 0.05) is 11.1 Å². The first-order valence-corrected chi connectivity index (χ1v) is 9.26. The van der Waals surface area contributed by atoms with Gasteiger partial charge in [-0.2, -0.15) is 0 Å². The summed E-state index contributed by atoms with van der Waals surface area (Å²) in [4.78, 5) is 12.9. The normalized spacial score (nSPS) is 10.4. The molecule has 0 fully saturated rings. The highest BCUT2D eigenvalue weighted by Gasteiger charge is 2.06. The second-order valence-corrected chi connectivity index (χ2v) is 6.88. The lowest BCUT2D eigenvalue weighted by atomic mass is 10.3. The quantitative estimate of drug-likeness (QED) is 0.578. The van der Waals surface area contributed by atoms with Crippen molar-refractivity contribution in [2.75, 3.05) is 18.5 Å². The average molecular weight is 409 g/mol. The summed E-state index contributed by atoms with van der Waals surface area (Å²) in [6, 6.07) is 11.9. The monoisotopic (exact) mass is 408 g/mol. The van der Waals surface area contributed by atoms with Gasteiger partial charge in [-0.25, -0.2) is 4.79 Å². The molecular weight excluding hydrogens is 395 g/mol. The number of amides is 2. The van der Waals surface area contributed by atoms with Crippen molar-refractivity contribution >= 4 is 46.3 Å². The van der Waals surface area contributed by atoms with Gasteiger partial charge in [-0.1, -0.05) is 29.3 Å². The molecule has 0 saturated carbocycles. The number of nitrogens with one attached hydrogen (secondary N) is 2. The number of urea groups is 1. The second-order valence-electron chi connectivity index (χ2n) is 5.09. The van der Waals surface area contributed by atoms with Crippen molar-refractivity contribution in [1.29, 1.82) is 0 Å². The SMILES string of the molecule is O=C(NCCOc1ccc(-c2cccs2)nn1)Nc1cc(Cl)ccc1Cl. The molecule has 134 valence electrons. The molecule has 26 heavy (non-hydrogen) atoms. The van der Waals surface area contributed by atoms with Crippen molar-refractivity contribution in [3.63, 3.8) is 0 Å². The maximum Gasteiger partial charge on any atom is 0.319 e. The topological polar surface area (TPSA) is 76.1 Å². The zero-order valence-corrected chi connectivity index (χ0v) is 15.7. The summed E-state index contributed by atoms with van der Waals surface area (Å²) in [5.41, 5.74) is 1.23. The Balaban J connectivity index is 1.42. The standard InChI is InChI=1S/C17H14Cl2N4O2S/c18-11-3-4-12(19)14(10-11)21-17(24)20-7-8-25-16-6-5-13(22-23-16)15-2-1-9-26-15/h1-6,9-10H,7-8H2,(H2,20,21,24). The fourth-order valence-corrected chi connectivity index (χ4v) is 3.06. The predicted octanol–water partition coefficient (Wildman–Crippen LogP) is 4.71. The largest absolute Gasteiger partial charge is 0.475 e. The van der Waals surface area contributed by atoms with Gasteiger partial charge < -0.3 is 15.4 Å². The van der Waals surface area contributed by atoms with E-state index in [4.69, 9.17) is 27.9 Å². The molecular formula is C17H14Cl2N4O2S. The number of hydrogen-bond donors (Lipinski definition) is 2. The van der Waals surface area contributed by atoms with E-state index in [1.165, 1.54) is 0 Å². The maximum absolute atomic E-state index is 11.9. The van der Waals surface area contributed by atoms with Crippen LogP contribution < -0.4 is 15.4 Å².